The Bertz CT molecular complexity index is 210. The second-order valence-corrected chi connectivity index (χ2v) is 3.03. The van der Waals surface area contributed by atoms with Crippen molar-refractivity contribution in [3.63, 3.8) is 0 Å². The van der Waals surface area contributed by atoms with Crippen molar-refractivity contribution in [1.29, 1.82) is 0 Å². The van der Waals surface area contributed by atoms with Crippen molar-refractivity contribution in [3.8, 4) is 5.75 Å². The van der Waals surface area contributed by atoms with E-state index in [-0.39, 0.29) is 0 Å². The smallest absolute Gasteiger partial charge is 0.115 e. The molecule has 1 aromatic rings. The van der Waals surface area contributed by atoms with Crippen molar-refractivity contribution in [1.82, 2.24) is 0 Å². The van der Waals surface area contributed by atoms with Crippen molar-refractivity contribution in [2.75, 3.05) is 5.75 Å². The Kier molecular flexibility index (Phi) is 3.26. The van der Waals surface area contributed by atoms with Crippen LogP contribution in [0.5, 0.6) is 5.75 Å². The molecule has 0 amide bonds. The van der Waals surface area contributed by atoms with Crippen LogP contribution in [0.4, 0.5) is 0 Å². The van der Waals surface area contributed by atoms with Gasteiger partial charge in [0.1, 0.15) is 5.75 Å². The summed E-state index contributed by atoms with van der Waals surface area (Å²) in [4.78, 5) is 0. The van der Waals surface area contributed by atoms with Crippen LogP contribution >= 0.6 is 11.9 Å². The zero-order chi connectivity index (χ0) is 8.10. The molecule has 1 rings (SSSR count). The maximum Gasteiger partial charge on any atom is 0.115 e. The normalized spacial score (nSPS) is 9.91. The van der Waals surface area contributed by atoms with Crippen LogP contribution in [0.15, 0.2) is 24.3 Å². The van der Waals surface area contributed by atoms with Crippen LogP contribution in [0, 0.1) is 0 Å². The van der Waals surface area contributed by atoms with E-state index in [4.69, 9.17) is 10.2 Å². The zero-order valence-corrected chi connectivity index (χ0v) is 6.97. The highest BCUT2D eigenvalue weighted by atomic mass is 32.2. The molecule has 0 spiro atoms. The molecule has 0 saturated heterocycles. The number of phenolic OH excluding ortho intramolecular Hbond substituents is 1. The van der Waals surface area contributed by atoms with Gasteiger partial charge >= 0.3 is 0 Å². The number of phenols is 1. The van der Waals surface area contributed by atoms with Crippen LogP contribution in [0.2, 0.25) is 0 Å². The standard InChI is InChI=1S/C8H11NOS/c9-11-6-5-7-1-3-8(10)4-2-7/h1-4,10H,5-6,9H2. The number of hydrogen-bond donors (Lipinski definition) is 2. The molecule has 0 aliphatic carbocycles. The molecule has 1 aromatic carbocycles. The fourth-order valence-corrected chi connectivity index (χ4v) is 1.19. The lowest BCUT2D eigenvalue weighted by molar-refractivity contribution is 0.475. The molecular weight excluding hydrogens is 158 g/mol. The van der Waals surface area contributed by atoms with Crippen molar-refractivity contribution < 1.29 is 5.11 Å². The molecule has 11 heavy (non-hydrogen) atoms. The molecule has 0 fully saturated rings. The molecule has 0 aliphatic heterocycles. The van der Waals surface area contributed by atoms with Crippen molar-refractivity contribution in [2.45, 2.75) is 6.42 Å². The molecular formula is C8H11NOS. The molecule has 2 nitrogen and oxygen atoms in total. The zero-order valence-electron chi connectivity index (χ0n) is 6.16. The van der Waals surface area contributed by atoms with E-state index in [1.807, 2.05) is 12.1 Å². The minimum Gasteiger partial charge on any atom is -0.508 e. The molecule has 0 aliphatic rings. The minimum atomic E-state index is 0.314. The Morgan fingerprint density at radius 2 is 1.91 bits per heavy atom. The Balaban J connectivity index is 2.52. The van der Waals surface area contributed by atoms with Gasteiger partial charge in [-0.15, -0.1) is 0 Å². The van der Waals surface area contributed by atoms with E-state index in [1.54, 1.807) is 12.1 Å². The van der Waals surface area contributed by atoms with Crippen molar-refractivity contribution in [3.05, 3.63) is 29.8 Å². The van der Waals surface area contributed by atoms with Gasteiger partial charge in [-0.05, 0) is 24.1 Å². The number of aromatic hydroxyl groups is 1. The summed E-state index contributed by atoms with van der Waals surface area (Å²) in [5.74, 6) is 1.24. The van der Waals surface area contributed by atoms with E-state index >= 15 is 0 Å². The molecule has 0 bridgehead atoms. The van der Waals surface area contributed by atoms with Crippen LogP contribution in [-0.2, 0) is 6.42 Å². The van der Waals surface area contributed by atoms with Gasteiger partial charge < -0.3 is 5.11 Å². The second-order valence-electron chi connectivity index (χ2n) is 2.29. The fraction of sp³-hybridized carbons (Fsp3) is 0.250. The van der Waals surface area contributed by atoms with Crippen LogP contribution in [0.1, 0.15) is 5.56 Å². The van der Waals surface area contributed by atoms with Crippen LogP contribution in [0.3, 0.4) is 0 Å². The first-order chi connectivity index (χ1) is 5.33. The number of nitrogens with two attached hydrogens (primary N) is 1. The van der Waals surface area contributed by atoms with E-state index in [2.05, 4.69) is 0 Å². The first kappa shape index (κ1) is 8.43. The molecule has 0 saturated carbocycles. The monoisotopic (exact) mass is 169 g/mol. The first-order valence-corrected chi connectivity index (χ1v) is 4.47. The molecule has 0 heterocycles. The number of aryl methyl sites for hydroxylation is 1. The predicted molar refractivity (Wildman–Crippen MR) is 48.5 cm³/mol. The Hall–Kier alpha value is -0.670. The molecule has 3 heteroatoms. The third kappa shape index (κ3) is 2.82. The minimum absolute atomic E-state index is 0.314. The Morgan fingerprint density at radius 1 is 1.27 bits per heavy atom. The van der Waals surface area contributed by atoms with Crippen LogP contribution in [0.25, 0.3) is 0 Å². The highest BCUT2D eigenvalue weighted by molar-refractivity contribution is 7.97. The highest BCUT2D eigenvalue weighted by Gasteiger charge is 1.91. The fourth-order valence-electron chi connectivity index (χ4n) is 0.839. The summed E-state index contributed by atoms with van der Waals surface area (Å²) in [7, 11) is 0. The number of benzene rings is 1. The van der Waals surface area contributed by atoms with Gasteiger partial charge in [0.15, 0.2) is 0 Å². The average Bonchev–Trinajstić information content (AvgIpc) is 2.04. The number of hydrogen-bond acceptors (Lipinski definition) is 3. The van der Waals surface area contributed by atoms with Crippen LogP contribution in [-0.4, -0.2) is 10.9 Å². The van der Waals surface area contributed by atoms with Crippen molar-refractivity contribution >= 4 is 11.9 Å². The molecule has 60 valence electrons. The van der Waals surface area contributed by atoms with Gasteiger partial charge in [-0.2, -0.15) is 0 Å². The van der Waals surface area contributed by atoms with Gasteiger partial charge in [0, 0.05) is 5.75 Å². The lowest BCUT2D eigenvalue weighted by Gasteiger charge is -1.98. The largest absolute Gasteiger partial charge is 0.508 e. The SMILES string of the molecule is NSCCc1ccc(O)cc1. The van der Waals surface area contributed by atoms with E-state index in [0.29, 0.717) is 5.75 Å². The summed E-state index contributed by atoms with van der Waals surface area (Å²) < 4.78 is 0. The van der Waals surface area contributed by atoms with E-state index in [0.717, 1.165) is 12.2 Å². The van der Waals surface area contributed by atoms with E-state index < -0.39 is 0 Å². The van der Waals surface area contributed by atoms with Crippen LogP contribution < -0.4 is 5.14 Å². The lowest BCUT2D eigenvalue weighted by Crippen LogP contribution is -1.90. The first-order valence-electron chi connectivity index (χ1n) is 3.42. The maximum absolute atomic E-state index is 8.95. The molecule has 0 radical (unpaired) electrons. The molecule has 0 atom stereocenters. The Morgan fingerprint density at radius 3 is 2.45 bits per heavy atom. The topological polar surface area (TPSA) is 46.2 Å². The molecule has 0 unspecified atom stereocenters. The van der Waals surface area contributed by atoms with Crippen molar-refractivity contribution in [2.24, 2.45) is 5.14 Å². The van der Waals surface area contributed by atoms with E-state index in [9.17, 15) is 0 Å². The highest BCUT2D eigenvalue weighted by Crippen LogP contribution is 2.10. The summed E-state index contributed by atoms with van der Waals surface area (Å²) in [5.41, 5.74) is 1.21. The lowest BCUT2D eigenvalue weighted by atomic mass is 10.2. The van der Waals surface area contributed by atoms with Gasteiger partial charge in [0.05, 0.1) is 0 Å². The van der Waals surface area contributed by atoms with Gasteiger partial charge in [-0.25, -0.2) is 0 Å². The van der Waals surface area contributed by atoms with Gasteiger partial charge in [0.25, 0.3) is 0 Å². The summed E-state index contributed by atoms with van der Waals surface area (Å²) in [6, 6.07) is 7.20. The maximum atomic E-state index is 8.95. The summed E-state index contributed by atoms with van der Waals surface area (Å²) in [6.07, 6.45) is 0.960. The average molecular weight is 169 g/mol. The second kappa shape index (κ2) is 4.26. The summed E-state index contributed by atoms with van der Waals surface area (Å²) >= 11 is 1.34. The third-order valence-corrected chi connectivity index (χ3v) is 1.88. The Labute approximate surface area is 70.6 Å². The van der Waals surface area contributed by atoms with E-state index in [1.165, 1.54) is 17.5 Å². The predicted octanol–water partition coefficient (Wildman–Crippen LogP) is 1.54. The summed E-state index contributed by atoms with van der Waals surface area (Å²) in [5, 5.41) is 14.2. The third-order valence-electron chi connectivity index (χ3n) is 1.44. The number of rotatable bonds is 3. The van der Waals surface area contributed by atoms with Gasteiger partial charge in [0.2, 0.25) is 0 Å². The van der Waals surface area contributed by atoms with Gasteiger partial charge in [-0.1, -0.05) is 24.1 Å². The molecule has 3 N–H and O–H groups in total. The summed E-state index contributed by atoms with van der Waals surface area (Å²) in [6.45, 7) is 0. The molecule has 0 aromatic heterocycles. The van der Waals surface area contributed by atoms with Gasteiger partial charge in [-0.3, -0.25) is 5.14 Å². The quantitative estimate of drug-likeness (QED) is 0.675.